The molecular formula is C26H26ClN5O3. The van der Waals surface area contributed by atoms with Crippen LogP contribution in [0.2, 0.25) is 5.02 Å². The van der Waals surface area contributed by atoms with Gasteiger partial charge in [-0.1, -0.05) is 23.7 Å². The normalized spacial score (nSPS) is 16.9. The fourth-order valence-electron chi connectivity index (χ4n) is 5.05. The van der Waals surface area contributed by atoms with Crippen LogP contribution in [-0.2, 0) is 24.2 Å². The molecule has 1 amide bonds. The molecule has 0 aliphatic carbocycles. The maximum Gasteiger partial charge on any atom is 0.267 e. The van der Waals surface area contributed by atoms with Gasteiger partial charge in [0, 0.05) is 54.2 Å². The van der Waals surface area contributed by atoms with Gasteiger partial charge in [-0.05, 0) is 36.2 Å². The van der Waals surface area contributed by atoms with Crippen molar-refractivity contribution in [3.63, 3.8) is 0 Å². The van der Waals surface area contributed by atoms with Gasteiger partial charge in [-0.2, -0.15) is 0 Å². The van der Waals surface area contributed by atoms with Crippen molar-refractivity contribution in [2.45, 2.75) is 25.9 Å². The molecule has 4 aromatic rings. The van der Waals surface area contributed by atoms with Crippen molar-refractivity contribution >= 4 is 45.2 Å². The van der Waals surface area contributed by atoms with E-state index in [1.807, 2.05) is 41.0 Å². The topological polar surface area (TPSA) is 92.2 Å². The predicted molar refractivity (Wildman–Crippen MR) is 134 cm³/mol. The number of nitrogens with zero attached hydrogens (tertiary/aromatic N) is 3. The number of aromatic nitrogens is 3. The maximum atomic E-state index is 13.2. The molecule has 0 radical (unpaired) electrons. The smallest absolute Gasteiger partial charge is 0.267 e. The van der Waals surface area contributed by atoms with E-state index in [2.05, 4.69) is 15.2 Å². The van der Waals surface area contributed by atoms with Crippen LogP contribution in [0.1, 0.15) is 38.7 Å². The third kappa shape index (κ3) is 4.33. The maximum absolute atomic E-state index is 13.2. The van der Waals surface area contributed by atoms with Crippen LogP contribution < -0.4 is 5.32 Å². The Hall–Kier alpha value is -3.20. The van der Waals surface area contributed by atoms with Gasteiger partial charge < -0.3 is 19.6 Å². The van der Waals surface area contributed by atoms with Gasteiger partial charge in [-0.3, -0.25) is 14.5 Å². The lowest BCUT2D eigenvalue weighted by atomic mass is 10.1. The molecule has 0 atom stereocenters. The first-order valence-corrected chi connectivity index (χ1v) is 12.3. The van der Waals surface area contributed by atoms with Gasteiger partial charge >= 0.3 is 0 Å². The van der Waals surface area contributed by atoms with E-state index in [4.69, 9.17) is 21.3 Å². The number of carbonyl (C=O) groups is 2. The molecule has 2 aliphatic rings. The second-order valence-corrected chi connectivity index (χ2v) is 9.63. The van der Waals surface area contributed by atoms with Crippen molar-refractivity contribution in [3.8, 4) is 0 Å². The average Bonchev–Trinajstić information content (AvgIpc) is 3.37. The number of ether oxygens (including phenoxy) is 1. The van der Waals surface area contributed by atoms with Crippen LogP contribution in [0.4, 0.5) is 0 Å². The zero-order valence-corrected chi connectivity index (χ0v) is 20.0. The zero-order chi connectivity index (χ0) is 23.9. The first-order valence-electron chi connectivity index (χ1n) is 12.0. The minimum Gasteiger partial charge on any atom is -0.379 e. The minimum absolute atomic E-state index is 0.0274. The van der Waals surface area contributed by atoms with Crippen LogP contribution in [0.25, 0.3) is 21.9 Å². The highest BCUT2D eigenvalue weighted by molar-refractivity contribution is 6.31. The number of carbonyl (C=O) groups excluding carboxylic acids is 2. The van der Waals surface area contributed by atoms with Crippen molar-refractivity contribution in [3.05, 3.63) is 64.1 Å². The number of hydrogen-bond acceptors (Lipinski definition) is 5. The Labute approximate surface area is 207 Å². The van der Waals surface area contributed by atoms with Crippen LogP contribution >= 0.6 is 11.6 Å². The molecule has 0 saturated carbocycles. The number of hydrogen-bond donors (Lipinski definition) is 2. The largest absolute Gasteiger partial charge is 0.379 e. The molecule has 0 bridgehead atoms. The van der Waals surface area contributed by atoms with Crippen LogP contribution in [0.3, 0.4) is 0 Å². The average molecular weight is 492 g/mol. The highest BCUT2D eigenvalue weighted by Gasteiger charge is 2.20. The molecule has 180 valence electrons. The molecule has 9 heteroatoms. The van der Waals surface area contributed by atoms with Crippen molar-refractivity contribution < 1.29 is 14.3 Å². The number of aryl methyl sites for hydroxylation is 1. The monoisotopic (exact) mass is 491 g/mol. The third-order valence-corrected chi connectivity index (χ3v) is 7.03. The van der Waals surface area contributed by atoms with E-state index < -0.39 is 0 Å². The summed E-state index contributed by atoms with van der Waals surface area (Å²) in [5, 5.41) is 4.52. The van der Waals surface area contributed by atoms with Crippen LogP contribution in [0, 0.1) is 0 Å². The number of imidazole rings is 1. The van der Waals surface area contributed by atoms with Crippen LogP contribution in [0.15, 0.2) is 36.4 Å². The summed E-state index contributed by atoms with van der Waals surface area (Å²) >= 11 is 6.39. The second-order valence-electron chi connectivity index (χ2n) is 9.20. The molecular weight excluding hydrogens is 466 g/mol. The van der Waals surface area contributed by atoms with Gasteiger partial charge in [0.15, 0.2) is 5.78 Å². The summed E-state index contributed by atoms with van der Waals surface area (Å²) in [6.07, 6.45) is 1.01. The summed E-state index contributed by atoms with van der Waals surface area (Å²) < 4.78 is 7.46. The van der Waals surface area contributed by atoms with Crippen molar-refractivity contribution in [1.29, 1.82) is 0 Å². The number of Topliss-reactive ketones (excluding diaryl/α,β-unsaturated/α-hetero) is 1. The number of ketones is 1. The Morgan fingerprint density at radius 2 is 1.97 bits per heavy atom. The van der Waals surface area contributed by atoms with Gasteiger partial charge in [0.1, 0.15) is 11.5 Å². The molecule has 8 nitrogen and oxygen atoms in total. The molecule has 0 spiro atoms. The minimum atomic E-state index is -0.0691. The van der Waals surface area contributed by atoms with E-state index in [0.29, 0.717) is 28.6 Å². The number of benzene rings is 2. The van der Waals surface area contributed by atoms with E-state index in [1.54, 1.807) is 0 Å². The summed E-state index contributed by atoms with van der Waals surface area (Å²) in [5.41, 5.74) is 4.88. The lowest BCUT2D eigenvalue weighted by Gasteiger charge is -2.26. The Morgan fingerprint density at radius 1 is 1.11 bits per heavy atom. The summed E-state index contributed by atoms with van der Waals surface area (Å²) in [4.78, 5) is 36.0. The van der Waals surface area contributed by atoms with Crippen molar-refractivity contribution in [2.75, 3.05) is 32.8 Å². The number of morpholine rings is 1. The van der Waals surface area contributed by atoms with Gasteiger partial charge in [0.05, 0.1) is 30.7 Å². The predicted octanol–water partition coefficient (Wildman–Crippen LogP) is 3.56. The molecule has 2 N–H and O–H groups in total. The second kappa shape index (κ2) is 9.11. The third-order valence-electron chi connectivity index (χ3n) is 6.81. The molecule has 2 aromatic carbocycles. The van der Waals surface area contributed by atoms with Crippen molar-refractivity contribution in [1.82, 2.24) is 24.8 Å². The lowest BCUT2D eigenvalue weighted by molar-refractivity contribution is 0.0343. The number of aromatic amines is 1. The highest BCUT2D eigenvalue weighted by atomic mass is 35.5. The van der Waals surface area contributed by atoms with Crippen LogP contribution in [0.5, 0.6) is 0 Å². The molecule has 2 aliphatic heterocycles. The Bertz CT molecular complexity index is 1450. The molecule has 35 heavy (non-hydrogen) atoms. The van der Waals surface area contributed by atoms with Gasteiger partial charge in [-0.25, -0.2) is 4.98 Å². The van der Waals surface area contributed by atoms with E-state index in [0.717, 1.165) is 73.3 Å². The number of H-pyrrole nitrogens is 1. The Kier molecular flexibility index (Phi) is 5.80. The standard InChI is InChI=1S/C26H26ClN5O3/c27-19-10-18(15-31-6-8-35-9-7-31)25-20(13-19)29-24(30-25)14-23(33)17-3-2-16-11-22-26(34)28-4-1-5-32(22)21(16)12-17/h2-3,10-13H,1,4-9,14-15H2,(H,28,34)(H,29,30). The number of nitrogens with one attached hydrogen (secondary N) is 2. The lowest BCUT2D eigenvalue weighted by Crippen LogP contribution is -2.35. The summed E-state index contributed by atoms with van der Waals surface area (Å²) in [7, 11) is 0. The number of fused-ring (bicyclic) bond motifs is 4. The molecule has 6 rings (SSSR count). The first-order chi connectivity index (χ1) is 17.0. The zero-order valence-electron chi connectivity index (χ0n) is 19.3. The van der Waals surface area contributed by atoms with Gasteiger partial charge in [0.2, 0.25) is 0 Å². The van der Waals surface area contributed by atoms with E-state index in [9.17, 15) is 9.59 Å². The van der Waals surface area contributed by atoms with E-state index >= 15 is 0 Å². The number of rotatable bonds is 5. The summed E-state index contributed by atoms with van der Waals surface area (Å²) in [5.74, 6) is 0.518. The molecule has 1 fully saturated rings. The quantitative estimate of drug-likeness (QED) is 0.416. The van der Waals surface area contributed by atoms with E-state index in [1.165, 1.54) is 0 Å². The Balaban J connectivity index is 1.28. The van der Waals surface area contributed by atoms with E-state index in [-0.39, 0.29) is 18.1 Å². The highest BCUT2D eigenvalue weighted by Crippen LogP contribution is 2.26. The fraction of sp³-hybridized carbons (Fsp3) is 0.346. The number of amides is 1. The Morgan fingerprint density at radius 3 is 2.83 bits per heavy atom. The SMILES string of the molecule is O=C(Cc1nc2c(CN3CCOCC3)cc(Cl)cc2[nH]1)c1ccc2cc3n(c2c1)CCCNC3=O. The molecule has 2 aromatic heterocycles. The van der Waals surface area contributed by atoms with Gasteiger partial charge in [-0.15, -0.1) is 0 Å². The van der Waals surface area contributed by atoms with Crippen LogP contribution in [-0.4, -0.2) is 64.0 Å². The summed E-state index contributed by atoms with van der Waals surface area (Å²) in [6.45, 7) is 5.33. The summed E-state index contributed by atoms with van der Waals surface area (Å²) in [6, 6.07) is 11.3. The first kappa shape index (κ1) is 22.3. The number of halogens is 1. The molecule has 1 saturated heterocycles. The molecule has 0 unspecified atom stereocenters. The fourth-order valence-corrected chi connectivity index (χ4v) is 5.29. The van der Waals surface area contributed by atoms with Gasteiger partial charge in [0.25, 0.3) is 5.91 Å². The molecule has 4 heterocycles. The van der Waals surface area contributed by atoms with Crippen molar-refractivity contribution in [2.24, 2.45) is 0 Å².